The first-order chi connectivity index (χ1) is 10.2. The number of hydrogen-bond donors (Lipinski definition) is 1. The van der Waals surface area contributed by atoms with Crippen LogP contribution in [0.15, 0.2) is 18.3 Å². The van der Waals surface area contributed by atoms with Crippen LogP contribution in [0.3, 0.4) is 0 Å². The molecule has 1 saturated heterocycles. The van der Waals surface area contributed by atoms with E-state index in [2.05, 4.69) is 10.9 Å². The zero-order valence-electron chi connectivity index (χ0n) is 12.0. The number of hydrogen-bond acceptors (Lipinski definition) is 3. The van der Waals surface area contributed by atoms with Crippen LogP contribution in [0.5, 0.6) is 0 Å². The van der Waals surface area contributed by atoms with E-state index < -0.39 is 6.09 Å². The summed E-state index contributed by atoms with van der Waals surface area (Å²) in [7, 11) is 0. The van der Waals surface area contributed by atoms with Crippen LogP contribution in [-0.4, -0.2) is 40.8 Å². The van der Waals surface area contributed by atoms with E-state index in [0.717, 1.165) is 24.8 Å². The smallest absolute Gasteiger partial charge is 0.407 e. The van der Waals surface area contributed by atoms with Gasteiger partial charge in [0.15, 0.2) is 0 Å². The van der Waals surface area contributed by atoms with E-state index in [1.807, 2.05) is 12.1 Å². The van der Waals surface area contributed by atoms with E-state index >= 15 is 0 Å². The van der Waals surface area contributed by atoms with Gasteiger partial charge < -0.3 is 14.7 Å². The molecule has 2 rings (SSSR count). The molecule has 0 atom stereocenters. The van der Waals surface area contributed by atoms with Crippen LogP contribution >= 0.6 is 0 Å². The van der Waals surface area contributed by atoms with Crippen molar-refractivity contribution in [1.82, 2.24) is 9.88 Å². The number of likely N-dealkylation sites (tertiary alicyclic amines) is 1. The maximum atomic E-state index is 10.8. The Morgan fingerprint density at radius 2 is 2.29 bits per heavy atom. The molecule has 1 amide bonds. The topological polar surface area (TPSA) is 62.7 Å². The van der Waals surface area contributed by atoms with Crippen molar-refractivity contribution < 1.29 is 14.6 Å². The third-order valence-corrected chi connectivity index (χ3v) is 3.80. The zero-order valence-corrected chi connectivity index (χ0v) is 12.0. The first-order valence-electron chi connectivity index (χ1n) is 7.16. The van der Waals surface area contributed by atoms with Gasteiger partial charge >= 0.3 is 6.09 Å². The molecule has 1 aromatic rings. The third-order valence-electron chi connectivity index (χ3n) is 3.80. The van der Waals surface area contributed by atoms with Crippen LogP contribution in [0, 0.1) is 18.3 Å². The molecule has 0 aromatic carbocycles. The molecule has 112 valence electrons. The molecule has 0 radical (unpaired) electrons. The molecule has 5 nitrogen and oxygen atoms in total. The highest BCUT2D eigenvalue weighted by Gasteiger charge is 2.21. The monoisotopic (exact) mass is 288 g/mol. The van der Waals surface area contributed by atoms with Crippen LogP contribution in [0.1, 0.15) is 30.5 Å². The van der Waals surface area contributed by atoms with Crippen molar-refractivity contribution in [3.63, 3.8) is 0 Å². The minimum atomic E-state index is -0.813. The summed E-state index contributed by atoms with van der Waals surface area (Å²) in [5.41, 5.74) is 1.65. The van der Waals surface area contributed by atoms with Crippen molar-refractivity contribution in [2.45, 2.75) is 25.9 Å². The summed E-state index contributed by atoms with van der Waals surface area (Å²) in [5.74, 6) is 3.06. The van der Waals surface area contributed by atoms with Gasteiger partial charge in [-0.25, -0.2) is 9.78 Å². The van der Waals surface area contributed by atoms with Gasteiger partial charge in [0.05, 0.1) is 6.61 Å². The van der Waals surface area contributed by atoms with Gasteiger partial charge in [0, 0.05) is 25.9 Å². The van der Waals surface area contributed by atoms with E-state index in [1.165, 1.54) is 4.90 Å². The number of ether oxygens (including phenoxy) is 1. The minimum absolute atomic E-state index is 0.533. The lowest BCUT2D eigenvalue weighted by atomic mass is 9.94. The van der Waals surface area contributed by atoms with E-state index in [4.69, 9.17) is 16.3 Å². The second kappa shape index (κ2) is 7.65. The largest absolute Gasteiger partial charge is 0.465 e. The van der Waals surface area contributed by atoms with Gasteiger partial charge in [0.25, 0.3) is 0 Å². The molecule has 1 aliphatic heterocycles. The molecule has 5 heteroatoms. The molecule has 0 saturated carbocycles. The first-order valence-corrected chi connectivity index (χ1v) is 7.16. The first kappa shape index (κ1) is 15.3. The quantitative estimate of drug-likeness (QED) is 0.667. The summed E-state index contributed by atoms with van der Waals surface area (Å²) < 4.78 is 5.67. The molecule has 21 heavy (non-hydrogen) atoms. The summed E-state index contributed by atoms with van der Waals surface area (Å²) >= 11 is 0. The van der Waals surface area contributed by atoms with E-state index in [-0.39, 0.29) is 0 Å². The molecule has 0 aliphatic carbocycles. The highest BCUT2D eigenvalue weighted by atomic mass is 16.5. The third kappa shape index (κ3) is 4.76. The van der Waals surface area contributed by atoms with Crippen molar-refractivity contribution in [3.8, 4) is 12.3 Å². The van der Waals surface area contributed by atoms with Crippen molar-refractivity contribution in [3.05, 3.63) is 29.6 Å². The second-order valence-electron chi connectivity index (χ2n) is 5.25. The maximum absolute atomic E-state index is 10.8. The SMILES string of the molecule is C#Cc1cc(COCCC2CCN(C(=O)O)CC2)ccn1. The Morgan fingerprint density at radius 1 is 1.52 bits per heavy atom. The summed E-state index contributed by atoms with van der Waals surface area (Å²) in [4.78, 5) is 16.3. The van der Waals surface area contributed by atoms with E-state index in [9.17, 15) is 4.79 Å². The number of aromatic nitrogens is 1. The Labute approximate surface area is 124 Å². The molecule has 1 aliphatic rings. The Bertz CT molecular complexity index is 516. The molecule has 0 unspecified atom stereocenters. The highest BCUT2D eigenvalue weighted by molar-refractivity contribution is 5.64. The predicted molar refractivity (Wildman–Crippen MR) is 78.8 cm³/mol. The number of piperidine rings is 1. The maximum Gasteiger partial charge on any atom is 0.407 e. The Hall–Kier alpha value is -2.06. The van der Waals surface area contributed by atoms with E-state index in [1.54, 1.807) is 6.20 Å². The number of amides is 1. The fourth-order valence-corrected chi connectivity index (χ4v) is 2.50. The lowest BCUT2D eigenvalue weighted by molar-refractivity contribution is 0.0878. The van der Waals surface area contributed by atoms with Gasteiger partial charge in [-0.3, -0.25) is 0 Å². The number of rotatable bonds is 5. The number of carboxylic acid groups (broad SMARTS) is 1. The summed E-state index contributed by atoms with van der Waals surface area (Å²) in [6, 6.07) is 3.75. The molecule has 1 aromatic heterocycles. The number of pyridine rings is 1. The van der Waals surface area contributed by atoms with Crippen LogP contribution in [0.25, 0.3) is 0 Å². The van der Waals surface area contributed by atoms with Crippen LogP contribution in [-0.2, 0) is 11.3 Å². The molecule has 0 bridgehead atoms. The summed E-state index contributed by atoms with van der Waals surface area (Å²) in [6.45, 7) is 2.49. The molecule has 2 heterocycles. The Kier molecular flexibility index (Phi) is 5.59. The van der Waals surface area contributed by atoms with Gasteiger partial charge in [0.2, 0.25) is 0 Å². The lowest BCUT2D eigenvalue weighted by Gasteiger charge is -2.29. The molecular weight excluding hydrogens is 268 g/mol. The van der Waals surface area contributed by atoms with Gasteiger partial charge in [0.1, 0.15) is 5.69 Å². The summed E-state index contributed by atoms with van der Waals surface area (Å²) in [5, 5.41) is 8.89. The zero-order chi connectivity index (χ0) is 15.1. The average Bonchev–Trinajstić information content (AvgIpc) is 2.52. The van der Waals surface area contributed by atoms with Gasteiger partial charge in [-0.05, 0) is 42.9 Å². The van der Waals surface area contributed by atoms with Gasteiger partial charge in [-0.1, -0.05) is 5.92 Å². The highest BCUT2D eigenvalue weighted by Crippen LogP contribution is 2.20. The molecular formula is C16H20N2O3. The predicted octanol–water partition coefficient (Wildman–Crippen LogP) is 2.36. The summed E-state index contributed by atoms with van der Waals surface area (Å²) in [6.07, 6.45) is 9.00. The Morgan fingerprint density at radius 3 is 2.95 bits per heavy atom. The number of nitrogens with zero attached hydrogens (tertiary/aromatic N) is 2. The molecule has 1 N–H and O–H groups in total. The second-order valence-corrected chi connectivity index (χ2v) is 5.25. The van der Waals surface area contributed by atoms with E-state index in [0.29, 0.717) is 37.9 Å². The number of carbonyl (C=O) groups is 1. The van der Waals surface area contributed by atoms with Crippen molar-refractivity contribution >= 4 is 6.09 Å². The van der Waals surface area contributed by atoms with Crippen molar-refractivity contribution in [2.75, 3.05) is 19.7 Å². The normalized spacial score (nSPS) is 15.7. The minimum Gasteiger partial charge on any atom is -0.465 e. The standard InChI is InChI=1S/C16H20N2O3/c1-2-15-11-14(3-7-17-15)12-21-10-6-13-4-8-18(9-5-13)16(19)20/h1,3,7,11,13H,4-6,8-10,12H2,(H,19,20). The Balaban J connectivity index is 1.64. The van der Waals surface area contributed by atoms with Crippen molar-refractivity contribution in [1.29, 1.82) is 0 Å². The van der Waals surface area contributed by atoms with Gasteiger partial charge in [-0.15, -0.1) is 6.42 Å². The molecule has 0 spiro atoms. The lowest BCUT2D eigenvalue weighted by Crippen LogP contribution is -2.37. The van der Waals surface area contributed by atoms with Crippen LogP contribution in [0.4, 0.5) is 4.79 Å². The fourth-order valence-electron chi connectivity index (χ4n) is 2.50. The van der Waals surface area contributed by atoms with Crippen LogP contribution < -0.4 is 0 Å². The van der Waals surface area contributed by atoms with Crippen LogP contribution in [0.2, 0.25) is 0 Å². The molecule has 1 fully saturated rings. The van der Waals surface area contributed by atoms with Crippen molar-refractivity contribution in [2.24, 2.45) is 5.92 Å². The number of terminal acetylenes is 1. The fraction of sp³-hybridized carbons (Fsp3) is 0.500. The van der Waals surface area contributed by atoms with Gasteiger partial charge in [-0.2, -0.15) is 0 Å². The average molecular weight is 288 g/mol.